The molecule has 0 bridgehead atoms. The molecule has 2 atom stereocenters. The minimum absolute atomic E-state index is 0.0859. The van der Waals surface area contributed by atoms with Crippen molar-refractivity contribution in [3.63, 3.8) is 0 Å². The molecule has 2 unspecified atom stereocenters. The van der Waals surface area contributed by atoms with E-state index < -0.39 is 0 Å². The van der Waals surface area contributed by atoms with Crippen LogP contribution in [0, 0.1) is 19.8 Å². The Balaban J connectivity index is 1.35. The second-order valence-corrected chi connectivity index (χ2v) is 9.16. The van der Waals surface area contributed by atoms with Crippen LogP contribution in [0.25, 0.3) is 6.08 Å². The molecular formula is C28H33N3O3. The molecule has 3 aromatic rings. The summed E-state index contributed by atoms with van der Waals surface area (Å²) in [5.41, 5.74) is 5.38. The monoisotopic (exact) mass is 459 g/mol. The second-order valence-electron chi connectivity index (χ2n) is 9.16. The topological polar surface area (TPSA) is 67.6 Å². The molecule has 4 rings (SSSR count). The molecule has 1 fully saturated rings. The molecule has 0 radical (unpaired) electrons. The normalized spacial score (nSPS) is 18.1. The van der Waals surface area contributed by atoms with Crippen LogP contribution in [0.2, 0.25) is 0 Å². The summed E-state index contributed by atoms with van der Waals surface area (Å²) in [7, 11) is 0. The van der Waals surface area contributed by atoms with E-state index in [1.165, 1.54) is 11.1 Å². The first kappa shape index (κ1) is 23.6. The van der Waals surface area contributed by atoms with Gasteiger partial charge in [-0.1, -0.05) is 66.2 Å². The molecule has 1 aromatic heterocycles. The van der Waals surface area contributed by atoms with E-state index in [0.717, 1.165) is 35.4 Å². The van der Waals surface area contributed by atoms with Crippen LogP contribution in [0.3, 0.4) is 0 Å². The van der Waals surface area contributed by atoms with Crippen molar-refractivity contribution in [2.75, 3.05) is 18.4 Å². The quantitative estimate of drug-likeness (QED) is 0.472. The highest BCUT2D eigenvalue weighted by Gasteiger charge is 2.25. The van der Waals surface area contributed by atoms with Crippen LogP contribution in [0.1, 0.15) is 42.7 Å². The highest BCUT2D eigenvalue weighted by Crippen LogP contribution is 2.27. The van der Waals surface area contributed by atoms with Crippen molar-refractivity contribution in [1.29, 1.82) is 0 Å². The van der Waals surface area contributed by atoms with Crippen LogP contribution in [0.5, 0.6) is 5.75 Å². The molecule has 0 spiro atoms. The van der Waals surface area contributed by atoms with Gasteiger partial charge < -0.3 is 14.2 Å². The van der Waals surface area contributed by atoms with E-state index in [1.807, 2.05) is 36.9 Å². The number of carbonyl (C=O) groups excluding carboxylic acids is 1. The summed E-state index contributed by atoms with van der Waals surface area (Å²) in [6.07, 6.45) is 4.02. The van der Waals surface area contributed by atoms with E-state index in [2.05, 4.69) is 66.8 Å². The molecule has 2 amide bonds. The van der Waals surface area contributed by atoms with Crippen LogP contribution >= 0.6 is 0 Å². The van der Waals surface area contributed by atoms with Crippen molar-refractivity contribution in [3.8, 4) is 5.75 Å². The van der Waals surface area contributed by atoms with Crippen LogP contribution in [0.4, 0.5) is 10.7 Å². The van der Waals surface area contributed by atoms with Crippen LogP contribution in [-0.2, 0) is 6.42 Å². The molecule has 1 aliphatic heterocycles. The Kier molecular flexibility index (Phi) is 7.36. The highest BCUT2D eigenvalue weighted by atomic mass is 16.5. The summed E-state index contributed by atoms with van der Waals surface area (Å²) in [6.45, 7) is 9.34. The lowest BCUT2D eigenvalue weighted by Gasteiger charge is -2.33. The predicted molar refractivity (Wildman–Crippen MR) is 135 cm³/mol. The number of urea groups is 1. The number of hydrogen-bond donors (Lipinski definition) is 1. The first-order chi connectivity index (χ1) is 16.4. The summed E-state index contributed by atoms with van der Waals surface area (Å²) in [5.74, 6) is 1.56. The number of rotatable bonds is 6. The van der Waals surface area contributed by atoms with Crippen LogP contribution in [-0.4, -0.2) is 35.3 Å². The number of anilines is 1. The van der Waals surface area contributed by atoms with Crippen molar-refractivity contribution in [2.24, 2.45) is 5.92 Å². The van der Waals surface area contributed by atoms with Gasteiger partial charge in [-0.15, -0.1) is 0 Å². The molecule has 0 saturated carbocycles. The third-order valence-corrected chi connectivity index (χ3v) is 6.38. The summed E-state index contributed by atoms with van der Waals surface area (Å²) in [4.78, 5) is 14.5. The fourth-order valence-corrected chi connectivity index (χ4v) is 4.27. The maximum absolute atomic E-state index is 12.7. The zero-order valence-corrected chi connectivity index (χ0v) is 20.4. The number of nitrogens with zero attached hydrogens (tertiary/aromatic N) is 2. The van der Waals surface area contributed by atoms with E-state index >= 15 is 0 Å². The van der Waals surface area contributed by atoms with Crippen molar-refractivity contribution < 1.29 is 14.1 Å². The Labute approximate surface area is 201 Å². The Hall–Kier alpha value is -3.54. The molecule has 34 heavy (non-hydrogen) atoms. The largest absolute Gasteiger partial charge is 0.490 e. The molecule has 1 N–H and O–H groups in total. The maximum Gasteiger partial charge on any atom is 0.324 e. The fourth-order valence-electron chi connectivity index (χ4n) is 4.27. The molecule has 2 aromatic carbocycles. The Bertz CT molecular complexity index is 1150. The number of carbonyl (C=O) groups is 1. The number of piperidine rings is 1. The molecule has 6 nitrogen and oxygen atoms in total. The van der Waals surface area contributed by atoms with Crippen molar-refractivity contribution >= 4 is 18.0 Å². The number of hydrogen-bond acceptors (Lipinski definition) is 4. The summed E-state index contributed by atoms with van der Waals surface area (Å²) >= 11 is 0. The smallest absolute Gasteiger partial charge is 0.324 e. The lowest BCUT2D eigenvalue weighted by Crippen LogP contribution is -2.42. The van der Waals surface area contributed by atoms with Crippen molar-refractivity contribution in [3.05, 3.63) is 82.6 Å². The number of aromatic nitrogens is 1. The standard InChI is InChI=1S/C28H33N3O3/c1-19-18-31(28(32)29-27-21(3)22(4)30-34-27)14-13-25(19)16-24-11-8-12-26(17-24)33-20(2)15-23-9-6-5-7-10-23/h5-12,16-17,19-20H,13-15,18H2,1-4H3,(H,29,32). The van der Waals surface area contributed by atoms with Gasteiger partial charge in [0.15, 0.2) is 0 Å². The predicted octanol–water partition coefficient (Wildman–Crippen LogP) is 6.26. The fraction of sp³-hybridized carbons (Fsp3) is 0.357. The molecular weight excluding hydrogens is 426 g/mol. The van der Waals surface area contributed by atoms with Gasteiger partial charge in [-0.2, -0.15) is 0 Å². The van der Waals surface area contributed by atoms with Gasteiger partial charge in [0.1, 0.15) is 5.75 Å². The van der Waals surface area contributed by atoms with Gasteiger partial charge in [-0.05, 0) is 56.4 Å². The lowest BCUT2D eigenvalue weighted by atomic mass is 9.91. The average molecular weight is 460 g/mol. The minimum atomic E-state index is -0.145. The van der Waals surface area contributed by atoms with Gasteiger partial charge in [0.05, 0.1) is 11.8 Å². The Morgan fingerprint density at radius 3 is 2.74 bits per heavy atom. The molecule has 1 aliphatic rings. The van der Waals surface area contributed by atoms with Gasteiger partial charge in [-0.3, -0.25) is 5.32 Å². The summed E-state index contributed by atoms with van der Waals surface area (Å²) in [5, 5.41) is 6.76. The van der Waals surface area contributed by atoms with E-state index in [1.54, 1.807) is 0 Å². The summed E-state index contributed by atoms with van der Waals surface area (Å²) in [6, 6.07) is 18.5. The van der Waals surface area contributed by atoms with E-state index in [0.29, 0.717) is 19.0 Å². The number of nitrogens with one attached hydrogen (secondary N) is 1. The maximum atomic E-state index is 12.7. The zero-order valence-electron chi connectivity index (χ0n) is 20.4. The molecule has 1 saturated heterocycles. The first-order valence-electron chi connectivity index (χ1n) is 11.9. The van der Waals surface area contributed by atoms with Gasteiger partial charge >= 0.3 is 6.03 Å². The van der Waals surface area contributed by atoms with Gasteiger partial charge in [0, 0.05) is 25.1 Å². The number of benzene rings is 2. The number of aryl methyl sites for hydroxylation is 1. The van der Waals surface area contributed by atoms with E-state index in [-0.39, 0.29) is 18.1 Å². The SMILES string of the molecule is Cc1noc(NC(=O)N2CCC(=Cc3cccc(OC(C)Cc4ccccc4)c3)C(C)C2)c1C. The molecule has 178 valence electrons. The number of amides is 2. The first-order valence-corrected chi connectivity index (χ1v) is 11.9. The van der Waals surface area contributed by atoms with Gasteiger partial charge in [0.25, 0.3) is 0 Å². The van der Waals surface area contributed by atoms with Crippen LogP contribution in [0.15, 0.2) is 64.7 Å². The van der Waals surface area contributed by atoms with Crippen molar-refractivity contribution in [1.82, 2.24) is 10.1 Å². The highest BCUT2D eigenvalue weighted by molar-refractivity contribution is 5.88. The minimum Gasteiger partial charge on any atom is -0.490 e. The van der Waals surface area contributed by atoms with Gasteiger partial charge in [-0.25, -0.2) is 4.79 Å². The third-order valence-electron chi connectivity index (χ3n) is 6.38. The molecule has 0 aliphatic carbocycles. The molecule has 2 heterocycles. The third kappa shape index (κ3) is 5.87. The Morgan fingerprint density at radius 1 is 1.24 bits per heavy atom. The van der Waals surface area contributed by atoms with E-state index in [4.69, 9.17) is 9.26 Å². The van der Waals surface area contributed by atoms with Crippen molar-refractivity contribution in [2.45, 2.75) is 46.6 Å². The molecule has 6 heteroatoms. The second kappa shape index (κ2) is 10.6. The average Bonchev–Trinajstić information content (AvgIpc) is 3.13. The van der Waals surface area contributed by atoms with Gasteiger partial charge in [0.2, 0.25) is 5.88 Å². The summed E-state index contributed by atoms with van der Waals surface area (Å²) < 4.78 is 11.4. The number of ether oxygens (including phenoxy) is 1. The zero-order chi connectivity index (χ0) is 24.1. The van der Waals surface area contributed by atoms with E-state index in [9.17, 15) is 4.79 Å². The lowest BCUT2D eigenvalue weighted by molar-refractivity contribution is 0.197. The van der Waals surface area contributed by atoms with Crippen LogP contribution < -0.4 is 10.1 Å². The Morgan fingerprint density at radius 2 is 2.03 bits per heavy atom. The number of likely N-dealkylation sites (tertiary alicyclic amines) is 1.